The van der Waals surface area contributed by atoms with Gasteiger partial charge in [-0.15, -0.1) is 0 Å². The van der Waals surface area contributed by atoms with E-state index in [4.69, 9.17) is 16.3 Å². The van der Waals surface area contributed by atoms with Gasteiger partial charge in [-0.25, -0.2) is 0 Å². The van der Waals surface area contributed by atoms with Gasteiger partial charge in [-0.3, -0.25) is 19.4 Å². The first-order valence-corrected chi connectivity index (χ1v) is 11.7. The molecule has 4 saturated heterocycles. The summed E-state index contributed by atoms with van der Waals surface area (Å²) in [6.45, 7) is 9.18. The number of halogens is 1. The van der Waals surface area contributed by atoms with Crippen molar-refractivity contribution in [3.63, 3.8) is 0 Å². The predicted octanol–water partition coefficient (Wildman–Crippen LogP) is 1.56. The van der Waals surface area contributed by atoms with Crippen molar-refractivity contribution in [1.82, 2.24) is 19.6 Å². The van der Waals surface area contributed by atoms with Gasteiger partial charge in [0.25, 0.3) is 5.91 Å². The summed E-state index contributed by atoms with van der Waals surface area (Å²) in [5.41, 5.74) is 0.699. The Labute approximate surface area is 188 Å². The van der Waals surface area contributed by atoms with E-state index in [1.165, 1.54) is 0 Å². The minimum atomic E-state index is 0.00644. The monoisotopic (exact) mass is 446 g/mol. The fourth-order valence-corrected chi connectivity index (χ4v) is 6.05. The molecule has 0 N–H and O–H groups in total. The lowest BCUT2D eigenvalue weighted by atomic mass is 9.80. The van der Waals surface area contributed by atoms with Gasteiger partial charge in [0.15, 0.2) is 0 Å². The number of likely N-dealkylation sites (tertiary alicyclic amines) is 2. The van der Waals surface area contributed by atoms with Crippen LogP contribution in [0.4, 0.5) is 0 Å². The van der Waals surface area contributed by atoms with Gasteiger partial charge in [-0.2, -0.15) is 0 Å². The molecule has 0 unspecified atom stereocenters. The maximum absolute atomic E-state index is 13.3. The van der Waals surface area contributed by atoms with Crippen LogP contribution in [-0.4, -0.2) is 108 Å². The minimum Gasteiger partial charge on any atom is -0.378 e. The molecule has 0 aliphatic carbocycles. The van der Waals surface area contributed by atoms with E-state index in [1.54, 1.807) is 19.1 Å². The summed E-state index contributed by atoms with van der Waals surface area (Å²) in [4.78, 5) is 34.1. The van der Waals surface area contributed by atoms with Gasteiger partial charge in [-0.05, 0) is 37.1 Å². The van der Waals surface area contributed by atoms with Crippen molar-refractivity contribution < 1.29 is 14.3 Å². The van der Waals surface area contributed by atoms with Gasteiger partial charge in [0, 0.05) is 69.4 Å². The van der Waals surface area contributed by atoms with Gasteiger partial charge in [0.1, 0.15) is 0 Å². The Hall–Kier alpha value is -1.67. The normalized spacial score (nSPS) is 27.1. The van der Waals surface area contributed by atoms with Gasteiger partial charge in [0.05, 0.1) is 24.8 Å². The first-order chi connectivity index (χ1) is 14.9. The van der Waals surface area contributed by atoms with Crippen LogP contribution in [0, 0.1) is 0 Å². The van der Waals surface area contributed by atoms with E-state index in [1.807, 2.05) is 21.9 Å². The second kappa shape index (κ2) is 8.35. The Bertz CT molecular complexity index is 834. The molecule has 168 valence electrons. The summed E-state index contributed by atoms with van der Waals surface area (Å²) < 4.78 is 5.78. The van der Waals surface area contributed by atoms with Crippen LogP contribution in [0.25, 0.3) is 0 Å². The van der Waals surface area contributed by atoms with Crippen LogP contribution >= 0.6 is 11.6 Å². The van der Waals surface area contributed by atoms with Crippen LogP contribution in [-0.2, 0) is 9.53 Å². The van der Waals surface area contributed by atoms with Crippen molar-refractivity contribution in [2.45, 2.75) is 37.4 Å². The minimum absolute atomic E-state index is 0.00644. The summed E-state index contributed by atoms with van der Waals surface area (Å²) in [6, 6.07) is 7.98. The molecule has 8 heteroatoms. The molecular weight excluding hydrogens is 416 g/mol. The zero-order valence-electron chi connectivity index (χ0n) is 18.1. The second-order valence-corrected chi connectivity index (χ2v) is 9.92. The lowest BCUT2D eigenvalue weighted by Gasteiger charge is -2.65. The third-order valence-electron chi connectivity index (χ3n) is 7.55. The van der Waals surface area contributed by atoms with Gasteiger partial charge in [0.2, 0.25) is 5.91 Å². The highest BCUT2D eigenvalue weighted by Gasteiger charge is 2.56. The van der Waals surface area contributed by atoms with Crippen LogP contribution < -0.4 is 0 Å². The van der Waals surface area contributed by atoms with Crippen LogP contribution in [0.3, 0.4) is 0 Å². The number of nitrogens with zero attached hydrogens (tertiary/aromatic N) is 4. The maximum atomic E-state index is 13.3. The fraction of sp³-hybridized carbons (Fsp3) is 0.652. The predicted molar refractivity (Wildman–Crippen MR) is 118 cm³/mol. The number of fused-ring (bicyclic) bond motifs is 2. The molecule has 0 radical (unpaired) electrons. The summed E-state index contributed by atoms with van der Waals surface area (Å²) >= 11 is 6.01. The highest BCUT2D eigenvalue weighted by atomic mass is 35.5. The number of ether oxygens (including phenoxy) is 1. The molecule has 4 aliphatic heterocycles. The van der Waals surface area contributed by atoms with Gasteiger partial charge in [-0.1, -0.05) is 11.6 Å². The zero-order chi connectivity index (χ0) is 21.6. The number of hydrogen-bond acceptors (Lipinski definition) is 5. The summed E-state index contributed by atoms with van der Waals surface area (Å²) in [5, 5.41) is 0.643. The van der Waals surface area contributed by atoms with Crippen molar-refractivity contribution in [2.75, 3.05) is 59.0 Å². The standard InChI is InChI=1S/C23H31ClN4O3/c1-17(29)25-8-6-20(7-9-25)27-15-23(16-27)14-26(12-21-13-31-11-10-28(21)23)22(30)18-2-4-19(24)5-3-18/h2-5,20-21H,6-16H2,1H3/t21-/m1/s1. The van der Waals surface area contributed by atoms with Gasteiger partial charge >= 0.3 is 0 Å². The molecular formula is C23H31ClN4O3. The Morgan fingerprint density at radius 3 is 2.39 bits per heavy atom. The first-order valence-electron chi connectivity index (χ1n) is 11.3. The number of rotatable bonds is 2. The summed E-state index contributed by atoms with van der Waals surface area (Å²) in [5.74, 6) is 0.257. The largest absolute Gasteiger partial charge is 0.378 e. The molecule has 4 aliphatic rings. The molecule has 31 heavy (non-hydrogen) atoms. The number of piperidine rings is 1. The molecule has 1 spiro atoms. The van der Waals surface area contributed by atoms with Crippen molar-refractivity contribution in [3.05, 3.63) is 34.9 Å². The van der Waals surface area contributed by atoms with Crippen molar-refractivity contribution >= 4 is 23.4 Å². The van der Waals surface area contributed by atoms with Gasteiger partial charge < -0.3 is 14.5 Å². The average molecular weight is 447 g/mol. The number of carbonyl (C=O) groups excluding carboxylic acids is 2. The SMILES string of the molecule is CC(=O)N1CCC(N2CC3(CN(C(=O)c4ccc(Cl)cc4)C[C@@H]4COCCN43)C2)CC1. The van der Waals surface area contributed by atoms with Crippen molar-refractivity contribution in [1.29, 1.82) is 0 Å². The topological polar surface area (TPSA) is 56.3 Å². The summed E-state index contributed by atoms with van der Waals surface area (Å²) in [7, 11) is 0. The lowest BCUT2D eigenvalue weighted by molar-refractivity contribution is -0.169. The second-order valence-electron chi connectivity index (χ2n) is 9.48. The van der Waals surface area contributed by atoms with Crippen LogP contribution in [0.2, 0.25) is 5.02 Å². The molecule has 1 atom stereocenters. The summed E-state index contributed by atoms with van der Waals surface area (Å²) in [6.07, 6.45) is 2.07. The molecule has 0 bridgehead atoms. The highest BCUT2D eigenvalue weighted by Crippen LogP contribution is 2.38. The van der Waals surface area contributed by atoms with Crippen LogP contribution in [0.5, 0.6) is 0 Å². The Morgan fingerprint density at radius 2 is 1.71 bits per heavy atom. The van der Waals surface area contributed by atoms with E-state index in [9.17, 15) is 9.59 Å². The number of amides is 2. The van der Waals surface area contributed by atoms with E-state index in [0.717, 1.165) is 58.7 Å². The highest BCUT2D eigenvalue weighted by molar-refractivity contribution is 6.30. The molecule has 4 fully saturated rings. The molecule has 7 nitrogen and oxygen atoms in total. The molecule has 1 aromatic carbocycles. The lowest BCUT2D eigenvalue weighted by Crippen LogP contribution is -2.82. The molecule has 1 aromatic rings. The third-order valence-corrected chi connectivity index (χ3v) is 7.80. The smallest absolute Gasteiger partial charge is 0.253 e. The third kappa shape index (κ3) is 3.97. The molecule has 0 saturated carbocycles. The maximum Gasteiger partial charge on any atom is 0.253 e. The van der Waals surface area contributed by atoms with E-state index in [0.29, 0.717) is 29.8 Å². The molecule has 5 rings (SSSR count). The average Bonchev–Trinajstić information content (AvgIpc) is 2.77. The number of morpholine rings is 1. The molecule has 2 amide bonds. The number of hydrogen-bond donors (Lipinski definition) is 0. The zero-order valence-corrected chi connectivity index (χ0v) is 18.9. The Morgan fingerprint density at radius 1 is 1.00 bits per heavy atom. The number of carbonyl (C=O) groups is 2. The van der Waals surface area contributed by atoms with E-state index >= 15 is 0 Å². The van der Waals surface area contributed by atoms with E-state index in [2.05, 4.69) is 9.80 Å². The van der Waals surface area contributed by atoms with E-state index in [-0.39, 0.29) is 23.4 Å². The Kier molecular flexibility index (Phi) is 5.71. The van der Waals surface area contributed by atoms with Crippen molar-refractivity contribution in [3.8, 4) is 0 Å². The number of benzene rings is 1. The van der Waals surface area contributed by atoms with Crippen molar-refractivity contribution in [2.24, 2.45) is 0 Å². The number of piperazine rings is 1. The quantitative estimate of drug-likeness (QED) is 0.690. The first kappa shape index (κ1) is 21.2. The van der Waals surface area contributed by atoms with Crippen LogP contribution in [0.15, 0.2) is 24.3 Å². The fourth-order valence-electron chi connectivity index (χ4n) is 5.92. The molecule has 4 heterocycles. The Balaban J connectivity index is 1.29. The van der Waals surface area contributed by atoms with Crippen LogP contribution in [0.1, 0.15) is 30.1 Å². The van der Waals surface area contributed by atoms with E-state index < -0.39 is 0 Å². The molecule has 0 aromatic heterocycles.